The number of nitrogens with one attached hydrogen (secondary N) is 2. The van der Waals surface area contributed by atoms with Crippen LogP contribution in [-0.4, -0.2) is 35.7 Å². The first-order valence-electron chi connectivity index (χ1n) is 13.6. The maximum atomic E-state index is 11.9. The van der Waals surface area contributed by atoms with E-state index in [-0.39, 0.29) is 5.82 Å². The van der Waals surface area contributed by atoms with Gasteiger partial charge >= 0.3 is 5.97 Å². The quantitative estimate of drug-likeness (QED) is 0.210. The molecule has 38 heavy (non-hydrogen) atoms. The minimum Gasteiger partial charge on any atom is -0.481 e. The highest BCUT2D eigenvalue weighted by molar-refractivity contribution is 5.80. The highest BCUT2D eigenvalue weighted by Gasteiger charge is 2.29. The van der Waals surface area contributed by atoms with Crippen LogP contribution in [0, 0.1) is 11.7 Å². The van der Waals surface area contributed by atoms with Gasteiger partial charge in [0.15, 0.2) is 0 Å². The summed E-state index contributed by atoms with van der Waals surface area (Å²) < 4.78 is 11.9. The molecule has 0 saturated carbocycles. The standard InChI is InChI=1S/C26H39N3O2.C6H5F/c1-6-22(19(2)3)24-23(12-8-15-29-24)28-16-9-14-27-17-13-20-10-7-11-21(18-20)26(4,5)25(30)31;7-6-4-2-1-3-5-6/h7-8,10-12,15,18-19,22,27-28H,6,9,13-14,16-17H2,1-5H3,(H,30,31);1-5H. The molecule has 0 aliphatic carbocycles. The Hall–Kier alpha value is -3.25. The van der Waals surface area contributed by atoms with Gasteiger partial charge in [0.25, 0.3) is 0 Å². The van der Waals surface area contributed by atoms with Gasteiger partial charge in [-0.2, -0.15) is 0 Å². The number of hydrogen-bond acceptors (Lipinski definition) is 4. The molecule has 1 atom stereocenters. The molecule has 0 aliphatic heterocycles. The van der Waals surface area contributed by atoms with Gasteiger partial charge in [-0.25, -0.2) is 4.39 Å². The van der Waals surface area contributed by atoms with Gasteiger partial charge in [-0.1, -0.05) is 63.2 Å². The van der Waals surface area contributed by atoms with Crippen LogP contribution < -0.4 is 10.6 Å². The van der Waals surface area contributed by atoms with E-state index in [4.69, 9.17) is 0 Å². The van der Waals surface area contributed by atoms with Crippen LogP contribution in [0.5, 0.6) is 0 Å². The van der Waals surface area contributed by atoms with Crippen molar-refractivity contribution in [3.63, 3.8) is 0 Å². The van der Waals surface area contributed by atoms with E-state index >= 15 is 0 Å². The first-order chi connectivity index (χ1) is 18.2. The third kappa shape index (κ3) is 9.90. The first kappa shape index (κ1) is 31.0. The number of aromatic nitrogens is 1. The molecule has 3 aromatic rings. The van der Waals surface area contributed by atoms with Crippen LogP contribution in [0.25, 0.3) is 0 Å². The number of anilines is 1. The highest BCUT2D eigenvalue weighted by Crippen LogP contribution is 2.31. The lowest BCUT2D eigenvalue weighted by molar-refractivity contribution is -0.142. The summed E-state index contributed by atoms with van der Waals surface area (Å²) in [5.74, 6) is 0.0681. The smallest absolute Gasteiger partial charge is 0.313 e. The fraction of sp³-hybridized carbons (Fsp3) is 0.438. The van der Waals surface area contributed by atoms with Gasteiger partial charge in [0.1, 0.15) is 5.82 Å². The molecule has 0 fully saturated rings. The first-order valence-corrected chi connectivity index (χ1v) is 13.6. The van der Waals surface area contributed by atoms with E-state index in [1.807, 2.05) is 30.5 Å². The van der Waals surface area contributed by atoms with Crippen molar-refractivity contribution in [2.24, 2.45) is 5.92 Å². The predicted molar refractivity (Wildman–Crippen MR) is 155 cm³/mol. The normalized spacial score (nSPS) is 12.0. The van der Waals surface area contributed by atoms with E-state index in [0.717, 1.165) is 55.7 Å². The number of rotatable bonds is 13. The summed E-state index contributed by atoms with van der Waals surface area (Å²) in [6, 6.07) is 20.0. The van der Waals surface area contributed by atoms with Crippen molar-refractivity contribution in [3.05, 3.63) is 95.6 Å². The molecule has 0 aliphatic rings. The topological polar surface area (TPSA) is 74.2 Å². The zero-order valence-electron chi connectivity index (χ0n) is 23.5. The summed E-state index contributed by atoms with van der Waals surface area (Å²) in [5, 5.41) is 16.5. The number of nitrogens with zero attached hydrogens (tertiary/aromatic N) is 1. The predicted octanol–water partition coefficient (Wildman–Crippen LogP) is 7.05. The Morgan fingerprint density at radius 3 is 2.34 bits per heavy atom. The largest absolute Gasteiger partial charge is 0.481 e. The molecule has 206 valence electrons. The number of benzene rings is 2. The van der Waals surface area contributed by atoms with Gasteiger partial charge < -0.3 is 15.7 Å². The van der Waals surface area contributed by atoms with Crippen LogP contribution in [0.2, 0.25) is 0 Å². The maximum absolute atomic E-state index is 11.9. The Labute approximate surface area is 227 Å². The van der Waals surface area contributed by atoms with Crippen LogP contribution in [0.1, 0.15) is 70.2 Å². The zero-order valence-corrected chi connectivity index (χ0v) is 23.5. The third-order valence-corrected chi connectivity index (χ3v) is 6.79. The average Bonchev–Trinajstić information content (AvgIpc) is 2.90. The average molecular weight is 522 g/mol. The molecule has 2 aromatic carbocycles. The molecule has 3 N–H and O–H groups in total. The van der Waals surface area contributed by atoms with Crippen molar-refractivity contribution in [1.82, 2.24) is 10.3 Å². The van der Waals surface area contributed by atoms with Gasteiger partial charge in [0.2, 0.25) is 0 Å². The minimum atomic E-state index is -0.868. The molecular weight excluding hydrogens is 477 g/mol. The Morgan fingerprint density at radius 1 is 1.00 bits per heavy atom. The second-order valence-electron chi connectivity index (χ2n) is 10.4. The fourth-order valence-electron chi connectivity index (χ4n) is 4.29. The van der Waals surface area contributed by atoms with E-state index in [2.05, 4.69) is 48.5 Å². The summed E-state index contributed by atoms with van der Waals surface area (Å²) >= 11 is 0. The summed E-state index contributed by atoms with van der Waals surface area (Å²) in [6.07, 6.45) is 4.89. The maximum Gasteiger partial charge on any atom is 0.313 e. The van der Waals surface area contributed by atoms with Crippen LogP contribution in [-0.2, 0) is 16.6 Å². The Kier molecular flexibility index (Phi) is 12.9. The van der Waals surface area contributed by atoms with Gasteiger partial charge in [-0.15, -0.1) is 0 Å². The number of hydrogen-bond donors (Lipinski definition) is 3. The lowest BCUT2D eigenvalue weighted by Crippen LogP contribution is -2.28. The Morgan fingerprint density at radius 2 is 1.74 bits per heavy atom. The second kappa shape index (κ2) is 15.9. The monoisotopic (exact) mass is 521 g/mol. The lowest BCUT2D eigenvalue weighted by atomic mass is 9.84. The van der Waals surface area contributed by atoms with Crippen LogP contribution in [0.15, 0.2) is 72.9 Å². The molecule has 0 amide bonds. The van der Waals surface area contributed by atoms with E-state index in [1.165, 1.54) is 17.8 Å². The molecule has 3 rings (SSSR count). The number of halogens is 1. The molecule has 1 aromatic heterocycles. The molecule has 0 spiro atoms. The summed E-state index contributed by atoms with van der Waals surface area (Å²) in [4.78, 5) is 16.1. The lowest BCUT2D eigenvalue weighted by Gasteiger charge is -2.22. The molecule has 0 bridgehead atoms. The SMILES string of the molecule is CCC(c1ncccc1NCCCNCCc1cccc(C(C)(C)C(=O)O)c1)C(C)C.Fc1ccccc1. The number of carboxylic acid groups (broad SMARTS) is 1. The van der Waals surface area contributed by atoms with Gasteiger partial charge in [-0.3, -0.25) is 9.78 Å². The molecule has 5 nitrogen and oxygen atoms in total. The van der Waals surface area contributed by atoms with Crippen molar-refractivity contribution in [1.29, 1.82) is 0 Å². The number of carbonyl (C=O) groups is 1. The Bertz CT molecular complexity index is 1100. The highest BCUT2D eigenvalue weighted by atomic mass is 19.1. The van der Waals surface area contributed by atoms with E-state index < -0.39 is 11.4 Å². The van der Waals surface area contributed by atoms with E-state index in [1.54, 1.807) is 32.0 Å². The molecule has 1 unspecified atom stereocenters. The van der Waals surface area contributed by atoms with E-state index in [9.17, 15) is 14.3 Å². The second-order valence-corrected chi connectivity index (χ2v) is 10.4. The Balaban J connectivity index is 0.000000624. The van der Waals surface area contributed by atoms with Gasteiger partial charge in [-0.05, 0) is 87.5 Å². The fourth-order valence-corrected chi connectivity index (χ4v) is 4.29. The number of carboxylic acids is 1. The van der Waals surface area contributed by atoms with E-state index in [0.29, 0.717) is 11.8 Å². The molecule has 0 saturated heterocycles. The summed E-state index contributed by atoms with van der Waals surface area (Å²) in [6.45, 7) is 13.0. The minimum absolute atomic E-state index is 0.178. The van der Waals surface area contributed by atoms with Crippen molar-refractivity contribution < 1.29 is 14.3 Å². The third-order valence-electron chi connectivity index (χ3n) is 6.79. The zero-order chi connectivity index (χ0) is 28.0. The number of pyridine rings is 1. The summed E-state index contributed by atoms with van der Waals surface area (Å²) in [5.41, 5.74) is 3.47. The van der Waals surface area contributed by atoms with Crippen molar-refractivity contribution >= 4 is 11.7 Å². The number of aliphatic carboxylic acids is 1. The van der Waals surface area contributed by atoms with Gasteiger partial charge in [0.05, 0.1) is 16.8 Å². The van der Waals surface area contributed by atoms with Crippen LogP contribution in [0.3, 0.4) is 0 Å². The van der Waals surface area contributed by atoms with Crippen LogP contribution in [0.4, 0.5) is 10.1 Å². The summed E-state index contributed by atoms with van der Waals surface area (Å²) in [7, 11) is 0. The van der Waals surface area contributed by atoms with Crippen LogP contribution >= 0.6 is 0 Å². The molecule has 1 heterocycles. The molecule has 6 heteroatoms. The van der Waals surface area contributed by atoms with Crippen molar-refractivity contribution in [2.75, 3.05) is 25.0 Å². The van der Waals surface area contributed by atoms with Crippen molar-refractivity contribution in [3.8, 4) is 0 Å². The molecule has 0 radical (unpaired) electrons. The van der Waals surface area contributed by atoms with Gasteiger partial charge in [0, 0.05) is 18.7 Å². The molecular formula is C32H44FN3O2. The van der Waals surface area contributed by atoms with Crippen molar-refractivity contribution in [2.45, 2.75) is 65.2 Å².